The van der Waals surface area contributed by atoms with Crippen LogP contribution in [0.15, 0.2) is 12.7 Å². The molecule has 0 aliphatic rings. The lowest BCUT2D eigenvalue weighted by Crippen LogP contribution is -2.39. The van der Waals surface area contributed by atoms with Gasteiger partial charge in [-0.15, -0.1) is 0 Å². The second kappa shape index (κ2) is 22.8. The topological polar surface area (TPSA) is 126 Å². The molecule has 264 valence electrons. The van der Waals surface area contributed by atoms with Crippen molar-refractivity contribution < 1.29 is 19.0 Å². The third-order valence-electron chi connectivity index (χ3n) is 8.17. The van der Waals surface area contributed by atoms with E-state index >= 15 is 0 Å². The van der Waals surface area contributed by atoms with Gasteiger partial charge in [0.2, 0.25) is 0 Å². The van der Waals surface area contributed by atoms with Crippen LogP contribution in [0.5, 0.6) is 0 Å². The average molecular weight is 683 g/mol. The Bertz CT molecular complexity index is 1170. The summed E-state index contributed by atoms with van der Waals surface area (Å²) in [5, 5.41) is 3.45. The maximum Gasteiger partial charge on any atom is 0.323 e. The number of esters is 1. The van der Waals surface area contributed by atoms with E-state index in [1.807, 2.05) is 25.3 Å². The van der Waals surface area contributed by atoms with Crippen LogP contribution in [0.1, 0.15) is 138 Å². The van der Waals surface area contributed by atoms with Gasteiger partial charge in [0, 0.05) is 6.61 Å². The summed E-state index contributed by atoms with van der Waals surface area (Å²) >= 11 is 6.28. The molecule has 0 aromatic carbocycles. The van der Waals surface area contributed by atoms with Crippen LogP contribution in [-0.2, 0) is 37.4 Å². The largest absolute Gasteiger partial charge is 0.462 e. The molecule has 0 saturated heterocycles. The summed E-state index contributed by atoms with van der Waals surface area (Å²) in [5.41, 5.74) is 7.18. The first-order valence-electron chi connectivity index (χ1n) is 17.8. The predicted molar refractivity (Wildman–Crippen MR) is 194 cm³/mol. The molecule has 2 heterocycles. The molecule has 46 heavy (non-hydrogen) atoms. The number of aromatic nitrogens is 4. The summed E-state index contributed by atoms with van der Waals surface area (Å²) in [6.45, 7) is 13.0. The first kappa shape index (κ1) is 40.5. The van der Waals surface area contributed by atoms with Crippen LogP contribution in [-0.4, -0.2) is 62.5 Å². The number of fused-ring (bicyclic) bond motifs is 1. The molecule has 0 saturated carbocycles. The van der Waals surface area contributed by atoms with Crippen LogP contribution in [0.2, 0.25) is 0 Å². The number of ether oxygens (including phenoxy) is 3. The lowest BCUT2D eigenvalue weighted by atomic mass is 10.0. The zero-order valence-corrected chi connectivity index (χ0v) is 31.3. The van der Waals surface area contributed by atoms with Crippen molar-refractivity contribution in [1.82, 2.24) is 24.6 Å². The van der Waals surface area contributed by atoms with E-state index in [0.717, 1.165) is 19.3 Å². The molecule has 0 bridgehead atoms. The molecule has 0 radical (unpaired) electrons. The number of imidazole rings is 1. The van der Waals surface area contributed by atoms with Crippen molar-refractivity contribution in [3.63, 3.8) is 0 Å². The highest BCUT2D eigenvalue weighted by Gasteiger charge is 2.33. The van der Waals surface area contributed by atoms with Gasteiger partial charge in [0.05, 0.1) is 37.6 Å². The Morgan fingerprint density at radius 2 is 1.48 bits per heavy atom. The summed E-state index contributed by atoms with van der Waals surface area (Å²) in [7, 11) is 0. The zero-order chi connectivity index (χ0) is 33.8. The highest BCUT2D eigenvalue weighted by atomic mass is 32.4. The summed E-state index contributed by atoms with van der Waals surface area (Å²) in [6, 6.07) is -0.567. The average Bonchev–Trinajstić information content (AvgIpc) is 3.43. The number of carbonyl (C=O) groups is 1. The number of hydrogen-bond acceptors (Lipinski definition) is 9. The Balaban J connectivity index is 1.83. The quantitative estimate of drug-likeness (QED) is 0.0539. The maximum absolute atomic E-state index is 12.7. The Morgan fingerprint density at radius 1 is 0.891 bits per heavy atom. The minimum Gasteiger partial charge on any atom is -0.462 e. The number of anilines is 1. The lowest BCUT2D eigenvalue weighted by Gasteiger charge is -2.34. The van der Waals surface area contributed by atoms with Gasteiger partial charge in [0.25, 0.3) is 0 Å². The van der Waals surface area contributed by atoms with Crippen LogP contribution in [0.4, 0.5) is 5.82 Å². The predicted octanol–water partition coefficient (Wildman–Crippen LogP) is 8.33. The van der Waals surface area contributed by atoms with Gasteiger partial charge in [-0.1, -0.05) is 109 Å². The number of carbonyl (C=O) groups excluding carboxylic acids is 1. The zero-order valence-electron chi connectivity index (χ0n) is 29.5. The SMILES string of the molecule is CCCCCCCCCCCCCCCCOC(CC)P(=S)(CO[C@H](C)Cn1cnc2c(N)ncnc21)N[C@@H](C)C(=O)OC(C)C. The second-order valence-electron chi connectivity index (χ2n) is 12.9. The maximum atomic E-state index is 12.7. The van der Waals surface area contributed by atoms with E-state index in [-0.39, 0.29) is 30.4 Å². The molecule has 12 heteroatoms. The molecule has 0 fully saturated rings. The molecule has 2 aromatic rings. The highest BCUT2D eigenvalue weighted by Crippen LogP contribution is 2.50. The summed E-state index contributed by atoms with van der Waals surface area (Å²) in [6.07, 6.45) is 19.7. The minimum atomic E-state index is -2.50. The van der Waals surface area contributed by atoms with Gasteiger partial charge < -0.3 is 24.5 Å². The van der Waals surface area contributed by atoms with Crippen molar-refractivity contribution in [2.24, 2.45) is 0 Å². The third-order valence-corrected chi connectivity index (χ3v) is 12.3. The molecule has 0 spiro atoms. The molecular formula is C34H63N6O4PS. The first-order chi connectivity index (χ1) is 22.1. The van der Waals surface area contributed by atoms with Crippen LogP contribution < -0.4 is 10.8 Å². The fourth-order valence-corrected chi connectivity index (χ4v) is 9.43. The first-order valence-corrected chi connectivity index (χ1v) is 20.9. The molecule has 2 aromatic heterocycles. The van der Waals surface area contributed by atoms with E-state index in [1.54, 1.807) is 13.3 Å². The van der Waals surface area contributed by atoms with Gasteiger partial charge in [0.1, 0.15) is 23.7 Å². The summed E-state index contributed by atoms with van der Waals surface area (Å²) < 4.78 is 20.2. The third kappa shape index (κ3) is 15.1. The standard InChI is InChI=1S/C34H63N6O4PS/c1-7-9-10-11-12-13-14-15-16-17-18-19-20-21-22-42-30(8-2)45(46,39-29(6)34(41)44-27(3)4)26-43-28(5)23-40-25-38-31-32(35)36-24-37-33(31)40/h24-25,27-30H,7-23,26H2,1-6H3,(H,39,46)(H2,35,36,37)/t28-,29+,30?,45?/m1/s1. The molecule has 4 atom stereocenters. The van der Waals surface area contributed by atoms with Gasteiger partial charge in [-0.2, -0.15) is 0 Å². The number of rotatable bonds is 27. The Morgan fingerprint density at radius 3 is 2.04 bits per heavy atom. The molecule has 0 aliphatic carbocycles. The smallest absolute Gasteiger partial charge is 0.323 e. The van der Waals surface area contributed by atoms with Crippen molar-refractivity contribution >= 4 is 40.9 Å². The number of nitrogens with two attached hydrogens (primary N) is 1. The van der Waals surface area contributed by atoms with Crippen LogP contribution in [0.3, 0.4) is 0 Å². The van der Waals surface area contributed by atoms with E-state index in [1.165, 1.54) is 83.4 Å². The lowest BCUT2D eigenvalue weighted by molar-refractivity contribution is -0.148. The fourth-order valence-electron chi connectivity index (χ4n) is 5.57. The van der Waals surface area contributed by atoms with Gasteiger partial charge in [-0.25, -0.2) is 15.0 Å². The molecule has 3 N–H and O–H groups in total. The molecular weight excluding hydrogens is 619 g/mol. The van der Waals surface area contributed by atoms with E-state index in [9.17, 15) is 4.79 Å². The normalized spacial score (nSPS) is 15.2. The van der Waals surface area contributed by atoms with Crippen molar-refractivity contribution in [2.45, 2.75) is 168 Å². The summed E-state index contributed by atoms with van der Waals surface area (Å²) in [5.74, 6) is -0.185. The van der Waals surface area contributed by atoms with Crippen molar-refractivity contribution in [2.75, 3.05) is 18.7 Å². The minimum absolute atomic E-state index is 0.195. The van der Waals surface area contributed by atoms with Crippen molar-refractivity contribution in [3.8, 4) is 0 Å². The van der Waals surface area contributed by atoms with E-state index < -0.39 is 12.2 Å². The van der Waals surface area contributed by atoms with E-state index in [4.69, 9.17) is 31.8 Å². The molecule has 0 aliphatic heterocycles. The molecule has 2 rings (SSSR count). The second-order valence-corrected chi connectivity index (χ2v) is 17.5. The summed E-state index contributed by atoms with van der Waals surface area (Å²) in [4.78, 5) is 25.4. The van der Waals surface area contributed by atoms with Crippen molar-refractivity contribution in [3.05, 3.63) is 12.7 Å². The van der Waals surface area contributed by atoms with Crippen LogP contribution in [0.25, 0.3) is 11.2 Å². The van der Waals surface area contributed by atoms with Crippen LogP contribution >= 0.6 is 6.19 Å². The van der Waals surface area contributed by atoms with Gasteiger partial charge in [-0.05, 0) is 40.5 Å². The molecule has 0 amide bonds. The van der Waals surface area contributed by atoms with Gasteiger partial charge in [-0.3, -0.25) is 9.88 Å². The Kier molecular flexibility index (Phi) is 20.1. The van der Waals surface area contributed by atoms with Gasteiger partial charge >= 0.3 is 5.97 Å². The van der Waals surface area contributed by atoms with E-state index in [0.29, 0.717) is 30.1 Å². The van der Waals surface area contributed by atoms with E-state index in [2.05, 4.69) is 33.9 Å². The highest BCUT2D eigenvalue weighted by molar-refractivity contribution is 8.13. The van der Waals surface area contributed by atoms with Gasteiger partial charge in [0.15, 0.2) is 11.5 Å². The number of hydrogen-bond donors (Lipinski definition) is 2. The number of nitrogen functional groups attached to an aromatic ring is 1. The molecule has 10 nitrogen and oxygen atoms in total. The molecule has 2 unspecified atom stereocenters. The van der Waals surface area contributed by atoms with Crippen molar-refractivity contribution in [1.29, 1.82) is 0 Å². The Hall–Kier alpha value is -1.65. The van der Waals surface area contributed by atoms with Crippen LogP contribution in [0, 0.1) is 0 Å². The number of unbranched alkanes of at least 4 members (excludes halogenated alkanes) is 13. The monoisotopic (exact) mass is 682 g/mol. The number of nitrogens with zero attached hydrogens (tertiary/aromatic N) is 4. The fraction of sp³-hybridized carbons (Fsp3) is 0.824. The Labute approximate surface area is 283 Å². The number of nitrogens with one attached hydrogen (secondary N) is 1.